The zero-order valence-corrected chi connectivity index (χ0v) is 12.3. The predicted molar refractivity (Wildman–Crippen MR) is 76.8 cm³/mol. The molecule has 4 nitrogen and oxygen atoms in total. The standard InChI is InChI=1S/C16H22O4/c1-4-10-19-15(17)13-8-6-7-9-14(13)16(18)20-11-12(3)5-2/h6-9,12H,4-5,10-11H2,1-3H3. The van der Waals surface area contributed by atoms with Gasteiger partial charge in [-0.1, -0.05) is 39.3 Å². The van der Waals surface area contributed by atoms with Gasteiger partial charge >= 0.3 is 11.9 Å². The van der Waals surface area contributed by atoms with Gasteiger partial charge in [0, 0.05) is 0 Å². The lowest BCUT2D eigenvalue weighted by Crippen LogP contribution is -2.16. The Hall–Kier alpha value is -1.84. The van der Waals surface area contributed by atoms with Gasteiger partial charge < -0.3 is 9.47 Å². The third-order valence-electron chi connectivity index (χ3n) is 3.00. The molecule has 0 saturated heterocycles. The van der Waals surface area contributed by atoms with Crippen molar-refractivity contribution in [3.05, 3.63) is 35.4 Å². The molecule has 0 aliphatic rings. The summed E-state index contributed by atoms with van der Waals surface area (Å²) >= 11 is 0. The van der Waals surface area contributed by atoms with E-state index in [0.717, 1.165) is 12.8 Å². The van der Waals surface area contributed by atoms with Gasteiger partial charge in [0.15, 0.2) is 0 Å². The van der Waals surface area contributed by atoms with E-state index in [2.05, 4.69) is 0 Å². The lowest BCUT2D eigenvalue weighted by molar-refractivity contribution is 0.0421. The normalized spacial score (nSPS) is 11.8. The molecule has 0 heterocycles. The maximum atomic E-state index is 12.0. The van der Waals surface area contributed by atoms with Crippen LogP contribution in [0.2, 0.25) is 0 Å². The second-order valence-corrected chi connectivity index (χ2v) is 4.79. The highest BCUT2D eigenvalue weighted by Crippen LogP contribution is 2.13. The molecule has 0 saturated carbocycles. The molecular weight excluding hydrogens is 256 g/mol. The van der Waals surface area contributed by atoms with E-state index in [1.54, 1.807) is 24.3 Å². The Morgan fingerprint density at radius 3 is 2.10 bits per heavy atom. The summed E-state index contributed by atoms with van der Waals surface area (Å²) in [6, 6.07) is 6.57. The monoisotopic (exact) mass is 278 g/mol. The van der Waals surface area contributed by atoms with Crippen molar-refractivity contribution in [1.29, 1.82) is 0 Å². The molecule has 20 heavy (non-hydrogen) atoms. The first-order valence-corrected chi connectivity index (χ1v) is 7.03. The first-order chi connectivity index (χ1) is 9.60. The first-order valence-electron chi connectivity index (χ1n) is 7.03. The molecule has 4 heteroatoms. The molecule has 0 fully saturated rings. The molecule has 0 bridgehead atoms. The second-order valence-electron chi connectivity index (χ2n) is 4.79. The van der Waals surface area contributed by atoms with E-state index in [4.69, 9.17) is 9.47 Å². The van der Waals surface area contributed by atoms with Gasteiger partial charge in [0.2, 0.25) is 0 Å². The molecule has 1 unspecified atom stereocenters. The highest BCUT2D eigenvalue weighted by atomic mass is 16.5. The van der Waals surface area contributed by atoms with E-state index in [1.807, 2.05) is 20.8 Å². The topological polar surface area (TPSA) is 52.6 Å². The number of rotatable bonds is 7. The van der Waals surface area contributed by atoms with E-state index in [-0.39, 0.29) is 11.1 Å². The molecule has 110 valence electrons. The number of esters is 2. The van der Waals surface area contributed by atoms with Gasteiger partial charge in [-0.2, -0.15) is 0 Å². The van der Waals surface area contributed by atoms with Crippen molar-refractivity contribution in [2.75, 3.05) is 13.2 Å². The molecule has 1 aromatic carbocycles. The van der Waals surface area contributed by atoms with E-state index in [9.17, 15) is 9.59 Å². The van der Waals surface area contributed by atoms with Crippen molar-refractivity contribution in [3.8, 4) is 0 Å². The lowest BCUT2D eigenvalue weighted by Gasteiger charge is -2.11. The van der Waals surface area contributed by atoms with Crippen molar-refractivity contribution >= 4 is 11.9 Å². The van der Waals surface area contributed by atoms with Gasteiger partial charge in [-0.15, -0.1) is 0 Å². The van der Waals surface area contributed by atoms with Gasteiger partial charge in [-0.25, -0.2) is 9.59 Å². The molecule has 1 aromatic rings. The van der Waals surface area contributed by atoms with Gasteiger partial charge in [-0.3, -0.25) is 0 Å². The van der Waals surface area contributed by atoms with E-state index >= 15 is 0 Å². The van der Waals surface area contributed by atoms with Gasteiger partial charge in [-0.05, 0) is 24.5 Å². The molecule has 0 aliphatic heterocycles. The highest BCUT2D eigenvalue weighted by molar-refractivity contribution is 6.03. The molecule has 0 amide bonds. The van der Waals surface area contributed by atoms with Crippen LogP contribution < -0.4 is 0 Å². The minimum absolute atomic E-state index is 0.259. The Morgan fingerprint density at radius 1 is 1.05 bits per heavy atom. The minimum atomic E-state index is -0.483. The van der Waals surface area contributed by atoms with E-state index in [0.29, 0.717) is 19.1 Å². The molecule has 0 N–H and O–H groups in total. The van der Waals surface area contributed by atoms with Crippen molar-refractivity contribution in [3.63, 3.8) is 0 Å². The average Bonchev–Trinajstić information content (AvgIpc) is 2.49. The number of benzene rings is 1. The fraction of sp³-hybridized carbons (Fsp3) is 0.500. The largest absolute Gasteiger partial charge is 0.462 e. The third-order valence-corrected chi connectivity index (χ3v) is 3.00. The van der Waals surface area contributed by atoms with Crippen LogP contribution >= 0.6 is 0 Å². The molecule has 0 aliphatic carbocycles. The van der Waals surface area contributed by atoms with Gasteiger partial charge in [0.05, 0.1) is 24.3 Å². The van der Waals surface area contributed by atoms with Crippen LogP contribution in [-0.4, -0.2) is 25.2 Å². The molecule has 0 radical (unpaired) electrons. The summed E-state index contributed by atoms with van der Waals surface area (Å²) in [6.07, 6.45) is 1.68. The zero-order chi connectivity index (χ0) is 15.0. The average molecular weight is 278 g/mol. The van der Waals surface area contributed by atoms with Crippen LogP contribution in [0.4, 0.5) is 0 Å². The van der Waals surface area contributed by atoms with Gasteiger partial charge in [0.25, 0.3) is 0 Å². The predicted octanol–water partition coefficient (Wildman–Crippen LogP) is 3.46. The Labute approximate surface area is 120 Å². The van der Waals surface area contributed by atoms with Crippen molar-refractivity contribution in [2.45, 2.75) is 33.6 Å². The van der Waals surface area contributed by atoms with Crippen molar-refractivity contribution in [2.24, 2.45) is 5.92 Å². The lowest BCUT2D eigenvalue weighted by atomic mass is 10.1. The van der Waals surface area contributed by atoms with Crippen molar-refractivity contribution in [1.82, 2.24) is 0 Å². The quantitative estimate of drug-likeness (QED) is 0.717. The third kappa shape index (κ3) is 4.68. The second kappa shape index (κ2) is 8.35. The maximum absolute atomic E-state index is 12.0. The number of ether oxygens (including phenoxy) is 2. The van der Waals surface area contributed by atoms with Crippen LogP contribution in [0.5, 0.6) is 0 Å². The summed E-state index contributed by atoms with van der Waals surface area (Å²) in [4.78, 5) is 23.9. The fourth-order valence-electron chi connectivity index (χ4n) is 1.53. The Bertz CT molecular complexity index is 454. The Balaban J connectivity index is 2.78. The summed E-state index contributed by atoms with van der Waals surface area (Å²) in [5, 5.41) is 0. The van der Waals surface area contributed by atoms with Crippen LogP contribution in [-0.2, 0) is 9.47 Å². The fourth-order valence-corrected chi connectivity index (χ4v) is 1.53. The van der Waals surface area contributed by atoms with Crippen LogP contribution in [0, 0.1) is 5.92 Å². The van der Waals surface area contributed by atoms with Crippen LogP contribution in [0.25, 0.3) is 0 Å². The van der Waals surface area contributed by atoms with Gasteiger partial charge in [0.1, 0.15) is 0 Å². The molecule has 1 rings (SSSR count). The Morgan fingerprint density at radius 2 is 1.60 bits per heavy atom. The highest BCUT2D eigenvalue weighted by Gasteiger charge is 2.19. The number of carbonyl (C=O) groups excluding carboxylic acids is 2. The maximum Gasteiger partial charge on any atom is 0.339 e. The zero-order valence-electron chi connectivity index (χ0n) is 12.3. The van der Waals surface area contributed by atoms with Crippen LogP contribution in [0.15, 0.2) is 24.3 Å². The summed E-state index contributed by atoms with van der Waals surface area (Å²) in [5.74, 6) is -0.657. The number of hydrogen-bond acceptors (Lipinski definition) is 4. The molecule has 0 spiro atoms. The molecule has 1 atom stereocenters. The Kier molecular flexibility index (Phi) is 6.77. The summed E-state index contributed by atoms with van der Waals surface area (Å²) < 4.78 is 10.3. The SMILES string of the molecule is CCCOC(=O)c1ccccc1C(=O)OCC(C)CC. The smallest absolute Gasteiger partial charge is 0.339 e. The van der Waals surface area contributed by atoms with Crippen LogP contribution in [0.3, 0.4) is 0 Å². The van der Waals surface area contributed by atoms with E-state index in [1.165, 1.54) is 0 Å². The summed E-state index contributed by atoms with van der Waals surface area (Å²) in [7, 11) is 0. The van der Waals surface area contributed by atoms with E-state index < -0.39 is 11.9 Å². The number of carbonyl (C=O) groups is 2. The molecular formula is C16H22O4. The first kappa shape index (κ1) is 16.2. The number of hydrogen-bond donors (Lipinski definition) is 0. The van der Waals surface area contributed by atoms with Crippen molar-refractivity contribution < 1.29 is 19.1 Å². The molecule has 0 aromatic heterocycles. The summed E-state index contributed by atoms with van der Waals surface area (Å²) in [6.45, 7) is 6.66. The summed E-state index contributed by atoms with van der Waals surface area (Å²) in [5.41, 5.74) is 0.520. The van der Waals surface area contributed by atoms with Crippen LogP contribution in [0.1, 0.15) is 54.3 Å². The minimum Gasteiger partial charge on any atom is -0.462 e.